The fourth-order valence-electron chi connectivity index (χ4n) is 3.31. The van der Waals surface area contributed by atoms with Crippen LogP contribution in [0.5, 0.6) is 0 Å². The molecule has 1 aliphatic heterocycles. The normalized spacial score (nSPS) is 19.7. The zero-order valence-electron chi connectivity index (χ0n) is 13.4. The van der Waals surface area contributed by atoms with Crippen LogP contribution in [0.2, 0.25) is 0 Å². The Balaban J connectivity index is 1.87. The molecule has 0 bridgehead atoms. The molecule has 2 atom stereocenters. The van der Waals surface area contributed by atoms with Crippen molar-refractivity contribution in [1.29, 1.82) is 0 Å². The molecule has 0 spiro atoms. The van der Waals surface area contributed by atoms with Gasteiger partial charge in [0.05, 0.1) is 11.2 Å². The topological polar surface area (TPSA) is 92.6 Å². The quantitative estimate of drug-likeness (QED) is 0.666. The van der Waals surface area contributed by atoms with Gasteiger partial charge in [0.15, 0.2) is 0 Å². The number of aliphatic hydroxyl groups excluding tert-OH is 1. The van der Waals surface area contributed by atoms with Gasteiger partial charge >= 0.3 is 5.69 Å². The number of anilines is 1. The molecule has 0 aliphatic carbocycles. The molecule has 7 heteroatoms. The molecule has 1 saturated heterocycles. The number of aromatic nitrogens is 1. The molecule has 1 aliphatic rings. The molecule has 3 rings (SSSR count). The molecular formula is C17H21N3O4. The van der Waals surface area contributed by atoms with Gasteiger partial charge in [-0.25, -0.2) is 4.98 Å². The monoisotopic (exact) mass is 331 g/mol. The number of nitrogens with zero attached hydrogens (tertiary/aromatic N) is 3. The van der Waals surface area contributed by atoms with Crippen LogP contribution >= 0.6 is 0 Å². The van der Waals surface area contributed by atoms with E-state index in [9.17, 15) is 15.2 Å². The fourth-order valence-corrected chi connectivity index (χ4v) is 3.31. The van der Waals surface area contributed by atoms with Gasteiger partial charge in [-0.2, -0.15) is 0 Å². The third kappa shape index (κ3) is 3.56. The minimum atomic E-state index is -0.728. The Morgan fingerprint density at radius 3 is 3.00 bits per heavy atom. The fraction of sp³-hybridized carbons (Fsp3) is 0.471. The molecule has 0 saturated carbocycles. The molecular weight excluding hydrogens is 310 g/mol. The average Bonchev–Trinajstić information content (AvgIpc) is 3.03. The van der Waals surface area contributed by atoms with Crippen LogP contribution in [0.1, 0.15) is 44.0 Å². The van der Waals surface area contributed by atoms with E-state index in [1.807, 2.05) is 4.90 Å². The van der Waals surface area contributed by atoms with Crippen molar-refractivity contribution in [3.63, 3.8) is 0 Å². The van der Waals surface area contributed by atoms with E-state index < -0.39 is 11.0 Å². The highest BCUT2D eigenvalue weighted by molar-refractivity contribution is 5.58. The Labute approximate surface area is 140 Å². The van der Waals surface area contributed by atoms with Gasteiger partial charge in [-0.15, -0.1) is 0 Å². The van der Waals surface area contributed by atoms with Crippen molar-refractivity contribution in [2.45, 2.75) is 44.2 Å². The molecule has 2 aromatic heterocycles. The number of aliphatic hydroxyl groups is 1. The van der Waals surface area contributed by atoms with E-state index in [0.717, 1.165) is 25.7 Å². The number of nitro groups is 1. The zero-order valence-corrected chi connectivity index (χ0v) is 13.4. The number of hydrogen-bond acceptors (Lipinski definition) is 6. The first kappa shape index (κ1) is 16.4. The maximum absolute atomic E-state index is 11.3. The van der Waals surface area contributed by atoms with Crippen LogP contribution in [0.4, 0.5) is 11.5 Å². The van der Waals surface area contributed by atoms with Gasteiger partial charge in [-0.1, -0.05) is 12.8 Å². The van der Waals surface area contributed by atoms with E-state index >= 15 is 0 Å². The molecule has 2 aromatic rings. The molecule has 7 nitrogen and oxygen atoms in total. The average molecular weight is 331 g/mol. The first-order valence-electron chi connectivity index (χ1n) is 8.24. The van der Waals surface area contributed by atoms with Crippen molar-refractivity contribution in [1.82, 2.24) is 4.98 Å². The van der Waals surface area contributed by atoms with Crippen molar-refractivity contribution in [2.75, 3.05) is 11.4 Å². The van der Waals surface area contributed by atoms with Crippen LogP contribution < -0.4 is 4.90 Å². The van der Waals surface area contributed by atoms with Crippen molar-refractivity contribution in [3.8, 4) is 0 Å². The molecule has 0 unspecified atom stereocenters. The molecule has 0 amide bonds. The third-order valence-electron chi connectivity index (χ3n) is 4.48. The molecule has 0 aromatic carbocycles. The van der Waals surface area contributed by atoms with Crippen molar-refractivity contribution >= 4 is 11.5 Å². The summed E-state index contributed by atoms with van der Waals surface area (Å²) in [6.07, 6.45) is 6.78. The molecule has 24 heavy (non-hydrogen) atoms. The number of hydrogen-bond donors (Lipinski definition) is 1. The van der Waals surface area contributed by atoms with Gasteiger partial charge in [0, 0.05) is 31.3 Å². The van der Waals surface area contributed by atoms with E-state index in [2.05, 4.69) is 4.98 Å². The first-order valence-corrected chi connectivity index (χ1v) is 8.24. The van der Waals surface area contributed by atoms with Gasteiger partial charge in [-0.05, 0) is 31.0 Å². The summed E-state index contributed by atoms with van der Waals surface area (Å²) in [5.74, 6) is 0.913. The van der Waals surface area contributed by atoms with E-state index in [1.165, 1.54) is 12.3 Å². The van der Waals surface area contributed by atoms with Crippen LogP contribution in [0, 0.1) is 10.1 Å². The van der Waals surface area contributed by atoms with Crippen molar-refractivity contribution in [3.05, 3.63) is 52.6 Å². The maximum atomic E-state index is 11.3. The van der Waals surface area contributed by atoms with Gasteiger partial charge in [0.1, 0.15) is 11.9 Å². The minimum Gasteiger partial charge on any atom is -0.467 e. The van der Waals surface area contributed by atoms with E-state index in [0.29, 0.717) is 24.5 Å². The van der Waals surface area contributed by atoms with Gasteiger partial charge in [0.2, 0.25) is 5.82 Å². The van der Waals surface area contributed by atoms with Crippen LogP contribution in [0.15, 0.2) is 41.1 Å². The first-order chi connectivity index (χ1) is 11.7. The van der Waals surface area contributed by atoms with E-state index in [-0.39, 0.29) is 11.7 Å². The predicted octanol–water partition coefficient (Wildman–Crippen LogP) is 3.46. The van der Waals surface area contributed by atoms with Gasteiger partial charge in [0.25, 0.3) is 0 Å². The lowest BCUT2D eigenvalue weighted by Crippen LogP contribution is -2.37. The molecule has 1 fully saturated rings. The van der Waals surface area contributed by atoms with Crippen LogP contribution in [0.3, 0.4) is 0 Å². The van der Waals surface area contributed by atoms with Crippen molar-refractivity contribution in [2.24, 2.45) is 0 Å². The molecule has 128 valence electrons. The summed E-state index contributed by atoms with van der Waals surface area (Å²) in [5.41, 5.74) is 0.0110. The van der Waals surface area contributed by atoms with Crippen LogP contribution in [0.25, 0.3) is 0 Å². The smallest absolute Gasteiger partial charge is 0.311 e. The number of furan rings is 1. The standard InChI is InChI=1S/C17H21N3O4/c21-15(16-8-5-11-24-16)12-13-6-2-1-3-10-19(13)17-14(20(22)23)7-4-9-18-17/h4-5,7-9,11,13,15,21H,1-3,6,10,12H2/t13-,15-/m0/s1. The summed E-state index contributed by atoms with van der Waals surface area (Å²) >= 11 is 0. The highest BCUT2D eigenvalue weighted by atomic mass is 16.6. The lowest BCUT2D eigenvalue weighted by Gasteiger charge is -2.31. The Kier molecular flexibility index (Phi) is 5.10. The summed E-state index contributed by atoms with van der Waals surface area (Å²) in [4.78, 5) is 17.2. The Bertz CT molecular complexity index is 674. The Morgan fingerprint density at radius 2 is 2.25 bits per heavy atom. The van der Waals surface area contributed by atoms with Crippen molar-refractivity contribution < 1.29 is 14.4 Å². The molecule has 1 N–H and O–H groups in total. The summed E-state index contributed by atoms with van der Waals surface area (Å²) in [6.45, 7) is 0.702. The van der Waals surface area contributed by atoms with E-state index in [1.54, 1.807) is 24.4 Å². The third-order valence-corrected chi connectivity index (χ3v) is 4.48. The second kappa shape index (κ2) is 7.44. The lowest BCUT2D eigenvalue weighted by atomic mass is 10.0. The number of rotatable bonds is 5. The molecule has 3 heterocycles. The largest absolute Gasteiger partial charge is 0.467 e. The SMILES string of the molecule is O=[N+]([O-])c1cccnc1N1CCCCC[C@H]1C[C@H](O)c1ccco1. The van der Waals surface area contributed by atoms with Crippen LogP contribution in [-0.4, -0.2) is 27.6 Å². The Hall–Kier alpha value is -2.41. The molecule has 0 radical (unpaired) electrons. The van der Waals surface area contributed by atoms with Crippen LogP contribution in [-0.2, 0) is 0 Å². The Morgan fingerprint density at radius 1 is 1.38 bits per heavy atom. The second-order valence-electron chi connectivity index (χ2n) is 6.07. The second-order valence-corrected chi connectivity index (χ2v) is 6.07. The van der Waals surface area contributed by atoms with Gasteiger partial charge < -0.3 is 14.4 Å². The highest BCUT2D eigenvalue weighted by Crippen LogP contribution is 2.33. The predicted molar refractivity (Wildman–Crippen MR) is 88.8 cm³/mol. The maximum Gasteiger partial charge on any atom is 0.311 e. The van der Waals surface area contributed by atoms with E-state index in [4.69, 9.17) is 4.42 Å². The lowest BCUT2D eigenvalue weighted by molar-refractivity contribution is -0.384. The summed E-state index contributed by atoms with van der Waals surface area (Å²) in [7, 11) is 0. The summed E-state index contributed by atoms with van der Waals surface area (Å²) in [6, 6.07) is 6.53. The van der Waals surface area contributed by atoms with Gasteiger partial charge in [-0.3, -0.25) is 10.1 Å². The highest BCUT2D eigenvalue weighted by Gasteiger charge is 2.30. The minimum absolute atomic E-state index is 0.0110. The zero-order chi connectivity index (χ0) is 16.9. The summed E-state index contributed by atoms with van der Waals surface area (Å²) < 4.78 is 5.28. The number of pyridine rings is 1. The summed E-state index contributed by atoms with van der Waals surface area (Å²) in [5, 5.41) is 21.8.